The fourth-order valence-electron chi connectivity index (χ4n) is 3.12. The number of amides is 2. The van der Waals surface area contributed by atoms with Crippen molar-refractivity contribution in [3.8, 4) is 5.75 Å². The van der Waals surface area contributed by atoms with Crippen molar-refractivity contribution in [1.82, 2.24) is 20.2 Å². The topological polar surface area (TPSA) is 95.4 Å². The number of carbonyl (C=O) groups excluding carboxylic acids is 2. The number of aromatic hydroxyl groups is 1. The summed E-state index contributed by atoms with van der Waals surface area (Å²) in [5.41, 5.74) is 0.414. The van der Waals surface area contributed by atoms with Gasteiger partial charge in [0.1, 0.15) is 16.5 Å². The van der Waals surface area contributed by atoms with Gasteiger partial charge in [0.25, 0.3) is 11.8 Å². The van der Waals surface area contributed by atoms with Gasteiger partial charge < -0.3 is 15.3 Å². The SMILES string of the molecule is CC(C)C[C@@H](NC(=O)c1ncccc1O)c1nc(C(=O)N2CCCC2)cs1. The zero-order chi connectivity index (χ0) is 19.4. The molecule has 1 aliphatic heterocycles. The highest BCUT2D eigenvalue weighted by molar-refractivity contribution is 7.09. The standard InChI is InChI=1S/C19H24N4O3S/c1-12(2)10-13(21-17(25)16-15(24)6-5-7-20-16)18-22-14(11-27-18)19(26)23-8-3-4-9-23/h5-7,11-13,24H,3-4,8-10H2,1-2H3,(H,21,25)/t13-/m1/s1. The van der Waals surface area contributed by atoms with E-state index in [0.29, 0.717) is 23.0 Å². The Morgan fingerprint density at radius 1 is 1.33 bits per heavy atom. The van der Waals surface area contributed by atoms with Crippen LogP contribution in [0.3, 0.4) is 0 Å². The van der Waals surface area contributed by atoms with Gasteiger partial charge in [0.05, 0.1) is 6.04 Å². The summed E-state index contributed by atoms with van der Waals surface area (Å²) in [4.78, 5) is 35.4. The van der Waals surface area contributed by atoms with E-state index < -0.39 is 5.91 Å². The number of rotatable bonds is 6. The molecule has 0 aromatic carbocycles. The van der Waals surface area contributed by atoms with Gasteiger partial charge in [-0.2, -0.15) is 0 Å². The molecule has 0 unspecified atom stereocenters. The summed E-state index contributed by atoms with van der Waals surface area (Å²) in [5, 5.41) is 15.2. The van der Waals surface area contributed by atoms with Crippen molar-refractivity contribution in [2.24, 2.45) is 5.92 Å². The van der Waals surface area contributed by atoms with Gasteiger partial charge in [-0.3, -0.25) is 9.59 Å². The Bertz CT molecular complexity index is 815. The average molecular weight is 388 g/mol. The fraction of sp³-hybridized carbons (Fsp3) is 0.474. The van der Waals surface area contributed by atoms with Crippen molar-refractivity contribution in [3.05, 3.63) is 40.1 Å². The normalized spacial score (nSPS) is 15.1. The number of aromatic nitrogens is 2. The van der Waals surface area contributed by atoms with Crippen LogP contribution in [-0.2, 0) is 0 Å². The third kappa shape index (κ3) is 4.63. The summed E-state index contributed by atoms with van der Waals surface area (Å²) < 4.78 is 0. The van der Waals surface area contributed by atoms with E-state index >= 15 is 0 Å². The first-order chi connectivity index (χ1) is 13.0. The molecule has 2 N–H and O–H groups in total. The number of hydrogen-bond donors (Lipinski definition) is 2. The molecule has 2 amide bonds. The quantitative estimate of drug-likeness (QED) is 0.793. The molecular formula is C19H24N4O3S. The number of nitrogens with one attached hydrogen (secondary N) is 1. The summed E-state index contributed by atoms with van der Waals surface area (Å²) >= 11 is 1.37. The fourth-order valence-corrected chi connectivity index (χ4v) is 3.98. The maximum absolute atomic E-state index is 12.5. The molecule has 1 saturated heterocycles. The third-order valence-corrected chi connectivity index (χ3v) is 5.40. The summed E-state index contributed by atoms with van der Waals surface area (Å²) in [6.07, 6.45) is 4.19. The second-order valence-electron chi connectivity index (χ2n) is 7.10. The molecule has 0 aliphatic carbocycles. The monoisotopic (exact) mass is 388 g/mol. The van der Waals surface area contributed by atoms with Crippen molar-refractivity contribution in [3.63, 3.8) is 0 Å². The summed E-state index contributed by atoms with van der Waals surface area (Å²) in [5.74, 6) is -0.357. The average Bonchev–Trinajstić information content (AvgIpc) is 3.32. The van der Waals surface area contributed by atoms with Crippen molar-refractivity contribution in [2.75, 3.05) is 13.1 Å². The minimum atomic E-state index is -0.457. The molecule has 144 valence electrons. The molecule has 0 spiro atoms. The predicted molar refractivity (Wildman–Crippen MR) is 103 cm³/mol. The van der Waals surface area contributed by atoms with E-state index in [0.717, 1.165) is 25.9 Å². The predicted octanol–water partition coefficient (Wildman–Crippen LogP) is 3.00. The zero-order valence-electron chi connectivity index (χ0n) is 15.5. The van der Waals surface area contributed by atoms with E-state index in [9.17, 15) is 14.7 Å². The number of pyridine rings is 1. The molecule has 0 saturated carbocycles. The van der Waals surface area contributed by atoms with E-state index in [1.54, 1.807) is 11.4 Å². The lowest BCUT2D eigenvalue weighted by Gasteiger charge is -2.18. The third-order valence-electron chi connectivity index (χ3n) is 4.45. The molecule has 0 radical (unpaired) electrons. The molecule has 1 aliphatic rings. The number of thiazole rings is 1. The van der Waals surface area contributed by atoms with Crippen LogP contribution in [0, 0.1) is 5.92 Å². The minimum absolute atomic E-state index is 0.0174. The highest BCUT2D eigenvalue weighted by atomic mass is 32.1. The molecule has 2 aromatic heterocycles. The van der Waals surface area contributed by atoms with Gasteiger partial charge in [-0.15, -0.1) is 11.3 Å². The van der Waals surface area contributed by atoms with Gasteiger partial charge in [0.2, 0.25) is 0 Å². The van der Waals surface area contributed by atoms with Crippen molar-refractivity contribution >= 4 is 23.2 Å². The summed E-state index contributed by atoms with van der Waals surface area (Å²) in [6.45, 7) is 5.66. The largest absolute Gasteiger partial charge is 0.505 e. The second-order valence-corrected chi connectivity index (χ2v) is 7.99. The maximum atomic E-state index is 12.5. The molecule has 1 atom stereocenters. The van der Waals surface area contributed by atoms with Crippen LogP contribution in [0.1, 0.15) is 65.1 Å². The smallest absolute Gasteiger partial charge is 0.274 e. The highest BCUT2D eigenvalue weighted by Gasteiger charge is 2.26. The van der Waals surface area contributed by atoms with Gasteiger partial charge in [-0.05, 0) is 37.3 Å². The number of likely N-dealkylation sites (tertiary alicyclic amines) is 1. The van der Waals surface area contributed by atoms with E-state index in [1.165, 1.54) is 23.6 Å². The van der Waals surface area contributed by atoms with Gasteiger partial charge in [-0.1, -0.05) is 13.8 Å². The van der Waals surface area contributed by atoms with Crippen LogP contribution < -0.4 is 5.32 Å². The van der Waals surface area contributed by atoms with Crippen LogP contribution in [-0.4, -0.2) is 44.9 Å². The summed E-state index contributed by atoms with van der Waals surface area (Å²) in [6, 6.07) is 2.65. The Morgan fingerprint density at radius 2 is 2.07 bits per heavy atom. The number of hydrogen-bond acceptors (Lipinski definition) is 6. The van der Waals surface area contributed by atoms with Crippen molar-refractivity contribution in [1.29, 1.82) is 0 Å². The lowest BCUT2D eigenvalue weighted by Crippen LogP contribution is -2.31. The number of nitrogens with zero attached hydrogens (tertiary/aromatic N) is 3. The van der Waals surface area contributed by atoms with Crippen LogP contribution >= 0.6 is 11.3 Å². The Hall–Kier alpha value is -2.48. The van der Waals surface area contributed by atoms with Crippen molar-refractivity contribution < 1.29 is 14.7 Å². The van der Waals surface area contributed by atoms with Gasteiger partial charge in [0, 0.05) is 24.7 Å². The molecule has 3 heterocycles. The minimum Gasteiger partial charge on any atom is -0.505 e. The van der Waals surface area contributed by atoms with E-state index in [-0.39, 0.29) is 23.4 Å². The lowest BCUT2D eigenvalue weighted by molar-refractivity contribution is 0.0787. The Balaban J connectivity index is 1.77. The molecule has 7 nitrogen and oxygen atoms in total. The van der Waals surface area contributed by atoms with Gasteiger partial charge >= 0.3 is 0 Å². The number of carbonyl (C=O) groups is 2. The molecule has 2 aromatic rings. The van der Waals surface area contributed by atoms with Crippen LogP contribution in [0.2, 0.25) is 0 Å². The van der Waals surface area contributed by atoms with E-state index in [1.807, 2.05) is 4.90 Å². The van der Waals surface area contributed by atoms with E-state index in [4.69, 9.17) is 0 Å². The Labute approximate surface area is 162 Å². The first-order valence-corrected chi connectivity index (χ1v) is 10.0. The van der Waals surface area contributed by atoms with E-state index in [2.05, 4.69) is 29.1 Å². The Morgan fingerprint density at radius 3 is 2.74 bits per heavy atom. The van der Waals surface area contributed by atoms with Crippen molar-refractivity contribution in [2.45, 2.75) is 39.2 Å². The van der Waals surface area contributed by atoms with Gasteiger partial charge in [0.15, 0.2) is 5.69 Å². The molecular weight excluding hydrogens is 364 g/mol. The molecule has 1 fully saturated rings. The van der Waals surface area contributed by atoms with Crippen LogP contribution in [0.5, 0.6) is 5.75 Å². The molecule has 8 heteroatoms. The lowest BCUT2D eigenvalue weighted by atomic mass is 10.0. The molecule has 27 heavy (non-hydrogen) atoms. The maximum Gasteiger partial charge on any atom is 0.274 e. The molecule has 3 rings (SSSR count). The second kappa shape index (κ2) is 8.47. The van der Waals surface area contributed by atoms with Gasteiger partial charge in [-0.25, -0.2) is 9.97 Å². The summed E-state index contributed by atoms with van der Waals surface area (Å²) in [7, 11) is 0. The van der Waals surface area contributed by atoms with Crippen LogP contribution in [0.25, 0.3) is 0 Å². The first-order valence-electron chi connectivity index (χ1n) is 9.15. The zero-order valence-corrected chi connectivity index (χ0v) is 16.3. The highest BCUT2D eigenvalue weighted by Crippen LogP contribution is 2.26. The van der Waals surface area contributed by atoms with Crippen LogP contribution in [0.15, 0.2) is 23.7 Å². The molecule has 0 bridgehead atoms. The first kappa shape index (κ1) is 19.3. The Kier molecular flexibility index (Phi) is 6.05. The van der Waals surface area contributed by atoms with Crippen LogP contribution in [0.4, 0.5) is 0 Å².